The lowest BCUT2D eigenvalue weighted by molar-refractivity contribution is -0.120. The molecule has 2 amide bonds. The highest BCUT2D eigenvalue weighted by atomic mass is 16.1. The van der Waals surface area contributed by atoms with E-state index in [0.717, 1.165) is 62.7 Å². The van der Waals surface area contributed by atoms with Crippen LogP contribution in [-0.4, -0.2) is 38.0 Å². The number of primary amides is 1. The summed E-state index contributed by atoms with van der Waals surface area (Å²) in [6.45, 7) is 3.08. The number of nitrogens with two attached hydrogens (primary N) is 2. The number of nitrogens with one attached hydrogen (secondary N) is 1. The zero-order chi connectivity index (χ0) is 20.9. The van der Waals surface area contributed by atoms with Gasteiger partial charge in [-0.15, -0.1) is 0 Å². The van der Waals surface area contributed by atoms with Crippen LogP contribution < -0.4 is 16.8 Å². The highest BCUT2D eigenvalue weighted by Gasteiger charge is 2.13. The van der Waals surface area contributed by atoms with E-state index in [1.54, 1.807) is 0 Å². The van der Waals surface area contributed by atoms with Gasteiger partial charge in [-0.05, 0) is 61.8 Å². The maximum Gasteiger partial charge on any atom is 0.224 e. The van der Waals surface area contributed by atoms with Crippen LogP contribution in [0.1, 0.15) is 55.2 Å². The summed E-state index contributed by atoms with van der Waals surface area (Å²) < 4.78 is 0. The Bertz CT molecular complexity index is 682. The Kier molecular flexibility index (Phi) is 10.3. The molecule has 0 unspecified atom stereocenters. The van der Waals surface area contributed by atoms with Gasteiger partial charge in [-0.25, -0.2) is 0 Å². The van der Waals surface area contributed by atoms with E-state index in [1.807, 2.05) is 12.1 Å². The summed E-state index contributed by atoms with van der Waals surface area (Å²) in [6.07, 6.45) is 7.36. The third-order valence-corrected chi connectivity index (χ3v) is 5.32. The Hall–Kier alpha value is -2.28. The second-order valence-corrected chi connectivity index (χ2v) is 7.85. The third kappa shape index (κ3) is 9.17. The fourth-order valence-corrected chi connectivity index (χ4v) is 3.58. The number of unbranched alkanes of at least 4 members (excludes halogenated alkanes) is 2. The molecule has 1 aliphatic heterocycles. The normalized spacial score (nSPS) is 13.7. The molecule has 0 radical (unpaired) electrons. The van der Waals surface area contributed by atoms with Crippen molar-refractivity contribution >= 4 is 11.8 Å². The number of nitrogens with zero attached hydrogens (tertiary/aromatic N) is 2. The van der Waals surface area contributed by atoms with Crippen molar-refractivity contribution in [1.82, 2.24) is 5.32 Å². The molecular weight excluding hydrogens is 366 g/mol. The summed E-state index contributed by atoms with van der Waals surface area (Å²) in [5.74, 6) is 0.323. The Labute approximate surface area is 173 Å². The summed E-state index contributed by atoms with van der Waals surface area (Å²) in [6, 6.07) is 6.16. The van der Waals surface area contributed by atoms with Crippen LogP contribution in [0.5, 0.6) is 0 Å². The molecule has 0 fully saturated rings. The monoisotopic (exact) mass is 401 g/mol. The molecule has 0 spiro atoms. The van der Waals surface area contributed by atoms with Crippen molar-refractivity contribution in [3.8, 4) is 0 Å². The van der Waals surface area contributed by atoms with Crippen LogP contribution >= 0.6 is 0 Å². The van der Waals surface area contributed by atoms with E-state index in [1.165, 1.54) is 5.56 Å². The van der Waals surface area contributed by atoms with Crippen LogP contribution in [0, 0.1) is 5.92 Å². The van der Waals surface area contributed by atoms with Crippen LogP contribution in [0.4, 0.5) is 0 Å². The van der Waals surface area contributed by atoms with Crippen molar-refractivity contribution in [2.24, 2.45) is 27.6 Å². The lowest BCUT2D eigenvalue weighted by Gasteiger charge is -2.13. The average molecular weight is 402 g/mol. The molecule has 0 saturated carbocycles. The highest BCUT2D eigenvalue weighted by Crippen LogP contribution is 2.17. The number of azo groups is 1. The summed E-state index contributed by atoms with van der Waals surface area (Å²) in [5, 5.41) is 11.1. The Morgan fingerprint density at radius 1 is 1.03 bits per heavy atom. The molecule has 0 saturated heterocycles. The second kappa shape index (κ2) is 13.0. The van der Waals surface area contributed by atoms with Crippen molar-refractivity contribution in [3.63, 3.8) is 0 Å². The molecule has 5 N–H and O–H groups in total. The van der Waals surface area contributed by atoms with Crippen molar-refractivity contribution < 1.29 is 9.59 Å². The van der Waals surface area contributed by atoms with Crippen LogP contribution in [0.25, 0.3) is 0 Å². The number of hydrogen-bond donors (Lipinski definition) is 3. The SMILES string of the molecule is NCCCCc1ccc(CCC(N)=O)cc1CC(=O)NCCCCC1CN=NC1. The predicted molar refractivity (Wildman–Crippen MR) is 115 cm³/mol. The fourth-order valence-electron chi connectivity index (χ4n) is 3.58. The molecule has 1 aromatic carbocycles. The molecule has 0 bridgehead atoms. The molecule has 29 heavy (non-hydrogen) atoms. The molecule has 1 aromatic rings. The van der Waals surface area contributed by atoms with Gasteiger partial charge in [-0.3, -0.25) is 9.59 Å². The highest BCUT2D eigenvalue weighted by molar-refractivity contribution is 5.79. The summed E-state index contributed by atoms with van der Waals surface area (Å²) in [5.41, 5.74) is 14.1. The molecular formula is C22H35N5O2. The average Bonchev–Trinajstić information content (AvgIpc) is 3.21. The van der Waals surface area contributed by atoms with Crippen LogP contribution in [-0.2, 0) is 28.9 Å². The minimum atomic E-state index is -0.309. The standard InChI is InChI=1S/C22H35N5O2/c23-11-3-1-6-19-9-7-17(8-10-21(24)28)13-20(19)14-22(29)25-12-4-2-5-18-15-26-27-16-18/h7,9,13,18H,1-6,8,10-12,14-16,23H2,(H2,24,28)(H,25,29). The molecule has 1 heterocycles. The molecule has 0 atom stereocenters. The first kappa shape index (κ1) is 23.0. The Morgan fingerprint density at radius 3 is 2.55 bits per heavy atom. The van der Waals surface area contributed by atoms with Gasteiger partial charge in [0.1, 0.15) is 0 Å². The van der Waals surface area contributed by atoms with Crippen LogP contribution in [0.2, 0.25) is 0 Å². The number of hydrogen-bond acceptors (Lipinski definition) is 5. The first-order valence-corrected chi connectivity index (χ1v) is 10.8. The number of rotatable bonds is 14. The summed E-state index contributed by atoms with van der Waals surface area (Å²) >= 11 is 0. The molecule has 2 rings (SSSR count). The van der Waals surface area contributed by atoms with Gasteiger partial charge in [0.25, 0.3) is 0 Å². The predicted octanol–water partition coefficient (Wildman–Crippen LogP) is 2.30. The minimum absolute atomic E-state index is 0.0444. The fraction of sp³-hybridized carbons (Fsp3) is 0.636. The molecule has 7 heteroatoms. The number of carbonyl (C=O) groups is 2. The quantitative estimate of drug-likeness (QED) is 0.414. The maximum atomic E-state index is 12.5. The van der Waals surface area contributed by atoms with Crippen molar-refractivity contribution in [2.75, 3.05) is 26.2 Å². The number of amides is 2. The van der Waals surface area contributed by atoms with Gasteiger partial charge < -0.3 is 16.8 Å². The van der Waals surface area contributed by atoms with E-state index < -0.39 is 0 Å². The summed E-state index contributed by atoms with van der Waals surface area (Å²) in [4.78, 5) is 23.5. The lowest BCUT2D eigenvalue weighted by Crippen LogP contribution is -2.26. The van der Waals surface area contributed by atoms with Gasteiger partial charge >= 0.3 is 0 Å². The Balaban J connectivity index is 1.82. The molecule has 0 aromatic heterocycles. The van der Waals surface area contributed by atoms with Gasteiger partial charge in [-0.2, -0.15) is 10.2 Å². The van der Waals surface area contributed by atoms with Gasteiger partial charge in [0, 0.05) is 18.9 Å². The van der Waals surface area contributed by atoms with Crippen molar-refractivity contribution in [1.29, 1.82) is 0 Å². The summed E-state index contributed by atoms with van der Waals surface area (Å²) in [7, 11) is 0. The Morgan fingerprint density at radius 2 is 1.83 bits per heavy atom. The topological polar surface area (TPSA) is 123 Å². The van der Waals surface area contributed by atoms with Crippen molar-refractivity contribution in [3.05, 3.63) is 34.9 Å². The van der Waals surface area contributed by atoms with E-state index in [4.69, 9.17) is 11.5 Å². The number of benzene rings is 1. The van der Waals surface area contributed by atoms with Crippen LogP contribution in [0.3, 0.4) is 0 Å². The van der Waals surface area contributed by atoms with Gasteiger partial charge in [0.2, 0.25) is 11.8 Å². The van der Waals surface area contributed by atoms with E-state index in [-0.39, 0.29) is 11.8 Å². The first-order chi connectivity index (χ1) is 14.1. The molecule has 160 valence electrons. The van der Waals surface area contributed by atoms with Gasteiger partial charge in [0.15, 0.2) is 0 Å². The molecule has 0 aliphatic carbocycles. The van der Waals surface area contributed by atoms with Gasteiger partial charge in [-0.1, -0.05) is 24.6 Å². The van der Waals surface area contributed by atoms with E-state index in [9.17, 15) is 9.59 Å². The smallest absolute Gasteiger partial charge is 0.224 e. The first-order valence-electron chi connectivity index (χ1n) is 10.8. The zero-order valence-electron chi connectivity index (χ0n) is 17.4. The molecule has 7 nitrogen and oxygen atoms in total. The van der Waals surface area contributed by atoms with Crippen LogP contribution in [0.15, 0.2) is 28.4 Å². The minimum Gasteiger partial charge on any atom is -0.370 e. The lowest BCUT2D eigenvalue weighted by atomic mass is 9.95. The number of carbonyl (C=O) groups excluding carboxylic acids is 2. The van der Waals surface area contributed by atoms with E-state index in [0.29, 0.717) is 38.3 Å². The largest absolute Gasteiger partial charge is 0.370 e. The zero-order valence-corrected chi connectivity index (χ0v) is 17.4. The maximum absolute atomic E-state index is 12.5. The van der Waals surface area contributed by atoms with E-state index in [2.05, 4.69) is 21.6 Å². The molecule has 1 aliphatic rings. The third-order valence-electron chi connectivity index (χ3n) is 5.32. The van der Waals surface area contributed by atoms with Gasteiger partial charge in [0.05, 0.1) is 19.5 Å². The second-order valence-electron chi connectivity index (χ2n) is 7.85. The van der Waals surface area contributed by atoms with Crippen molar-refractivity contribution in [2.45, 2.75) is 57.8 Å². The van der Waals surface area contributed by atoms with E-state index >= 15 is 0 Å². The number of aryl methyl sites for hydroxylation is 2.